The minimum atomic E-state index is -0.435. The third-order valence-electron chi connectivity index (χ3n) is 2.46. The lowest BCUT2D eigenvalue weighted by Crippen LogP contribution is -2.39. The first-order valence-electron chi connectivity index (χ1n) is 6.48. The summed E-state index contributed by atoms with van der Waals surface area (Å²) in [6.07, 6.45) is 0. The van der Waals surface area contributed by atoms with Crippen LogP contribution in [0.2, 0.25) is 0 Å². The highest BCUT2D eigenvalue weighted by molar-refractivity contribution is 5.84. The number of nitrogen functional groups attached to an aromatic ring is 1. The van der Waals surface area contributed by atoms with Gasteiger partial charge in [0.15, 0.2) is 0 Å². The van der Waals surface area contributed by atoms with Crippen LogP contribution in [0, 0.1) is 0 Å². The third-order valence-corrected chi connectivity index (χ3v) is 2.46. The van der Waals surface area contributed by atoms with Gasteiger partial charge in [0.25, 0.3) is 0 Å². The van der Waals surface area contributed by atoms with Crippen LogP contribution in [0.25, 0.3) is 0 Å². The Kier molecular flexibility index (Phi) is 6.51. The molecular formula is C12H22N6O2. The molecule has 5 N–H and O–H groups in total. The van der Waals surface area contributed by atoms with E-state index in [1.165, 1.54) is 0 Å². The molecule has 0 bridgehead atoms. The molecule has 0 fully saturated rings. The van der Waals surface area contributed by atoms with Crippen molar-refractivity contribution in [1.29, 1.82) is 0 Å². The van der Waals surface area contributed by atoms with Crippen molar-refractivity contribution in [2.45, 2.75) is 19.9 Å². The molecule has 8 heteroatoms. The Bertz CT molecular complexity index is 440. The van der Waals surface area contributed by atoms with Gasteiger partial charge in [0.2, 0.25) is 11.9 Å². The number of carbonyl (C=O) groups excluding carboxylic acids is 1. The molecule has 1 heterocycles. The number of carbonyl (C=O) groups is 1. The normalized spacial score (nSPS) is 11.8. The summed E-state index contributed by atoms with van der Waals surface area (Å²) in [5.41, 5.74) is 5.62. The van der Waals surface area contributed by atoms with Gasteiger partial charge >= 0.3 is 0 Å². The van der Waals surface area contributed by atoms with E-state index in [4.69, 9.17) is 10.5 Å². The van der Waals surface area contributed by atoms with Gasteiger partial charge < -0.3 is 26.4 Å². The standard InChI is InChI=1S/C12H22N6O2/c1-4-14-9-7-10(18-12(13)17-9)16-8(2)11(19)15-5-6-20-3/h7-8H,4-6H2,1-3H3,(H,15,19)(H4,13,14,16,17,18). The SMILES string of the molecule is CCNc1cc(NC(C)C(=O)NCCOC)nc(N)n1. The molecule has 0 aliphatic heterocycles. The average Bonchev–Trinajstić information content (AvgIpc) is 2.38. The first kappa shape index (κ1) is 16.0. The smallest absolute Gasteiger partial charge is 0.242 e. The van der Waals surface area contributed by atoms with Crippen molar-refractivity contribution in [1.82, 2.24) is 15.3 Å². The first-order chi connectivity index (χ1) is 9.56. The number of ether oxygens (including phenoxy) is 1. The molecule has 1 amide bonds. The number of amides is 1. The van der Waals surface area contributed by atoms with Gasteiger partial charge in [-0.1, -0.05) is 0 Å². The van der Waals surface area contributed by atoms with Crippen molar-refractivity contribution in [2.75, 3.05) is 43.2 Å². The van der Waals surface area contributed by atoms with Crippen molar-refractivity contribution < 1.29 is 9.53 Å². The van der Waals surface area contributed by atoms with Crippen LogP contribution in [0.1, 0.15) is 13.8 Å². The van der Waals surface area contributed by atoms with E-state index in [2.05, 4.69) is 25.9 Å². The Morgan fingerprint density at radius 2 is 2.15 bits per heavy atom. The van der Waals surface area contributed by atoms with Crippen molar-refractivity contribution >= 4 is 23.5 Å². The molecule has 0 spiro atoms. The lowest BCUT2D eigenvalue weighted by atomic mass is 10.3. The van der Waals surface area contributed by atoms with Crippen LogP contribution in [0.15, 0.2) is 6.07 Å². The fraction of sp³-hybridized carbons (Fsp3) is 0.583. The van der Waals surface area contributed by atoms with Gasteiger partial charge in [0.05, 0.1) is 6.61 Å². The Balaban J connectivity index is 2.60. The molecule has 0 saturated heterocycles. The zero-order chi connectivity index (χ0) is 15.0. The van der Waals surface area contributed by atoms with Gasteiger partial charge in [-0.05, 0) is 13.8 Å². The maximum atomic E-state index is 11.8. The second-order valence-electron chi connectivity index (χ2n) is 4.18. The Hall–Kier alpha value is -2.09. The molecule has 112 valence electrons. The second kappa shape index (κ2) is 8.16. The third kappa shape index (κ3) is 5.27. The Morgan fingerprint density at radius 1 is 1.45 bits per heavy atom. The molecule has 20 heavy (non-hydrogen) atoms. The molecular weight excluding hydrogens is 260 g/mol. The lowest BCUT2D eigenvalue weighted by Gasteiger charge is -2.15. The van der Waals surface area contributed by atoms with Crippen LogP contribution in [0.5, 0.6) is 0 Å². The number of hydrogen-bond acceptors (Lipinski definition) is 7. The summed E-state index contributed by atoms with van der Waals surface area (Å²) in [5, 5.41) is 8.77. The summed E-state index contributed by atoms with van der Waals surface area (Å²) < 4.78 is 4.87. The van der Waals surface area contributed by atoms with Gasteiger partial charge in [-0.3, -0.25) is 4.79 Å². The predicted molar refractivity (Wildman–Crippen MR) is 78.6 cm³/mol. The molecule has 1 unspecified atom stereocenters. The van der Waals surface area contributed by atoms with Crippen molar-refractivity contribution in [3.63, 3.8) is 0 Å². The fourth-order valence-electron chi connectivity index (χ4n) is 1.53. The van der Waals surface area contributed by atoms with Crippen LogP contribution in [-0.4, -0.2) is 48.7 Å². The van der Waals surface area contributed by atoms with Gasteiger partial charge in [0, 0.05) is 26.3 Å². The highest BCUT2D eigenvalue weighted by Crippen LogP contribution is 2.13. The monoisotopic (exact) mass is 282 g/mol. The highest BCUT2D eigenvalue weighted by atomic mass is 16.5. The van der Waals surface area contributed by atoms with Crippen molar-refractivity contribution in [3.05, 3.63) is 6.07 Å². The fourth-order valence-corrected chi connectivity index (χ4v) is 1.53. The van der Waals surface area contributed by atoms with Crippen LogP contribution in [-0.2, 0) is 9.53 Å². The van der Waals surface area contributed by atoms with E-state index in [1.807, 2.05) is 6.92 Å². The molecule has 1 atom stereocenters. The molecule has 0 saturated carbocycles. The van der Waals surface area contributed by atoms with E-state index in [1.54, 1.807) is 20.1 Å². The van der Waals surface area contributed by atoms with Crippen LogP contribution in [0.3, 0.4) is 0 Å². The predicted octanol–water partition coefficient (Wildman–Crippen LogP) is 0.0536. The second-order valence-corrected chi connectivity index (χ2v) is 4.18. The molecule has 1 aromatic rings. The zero-order valence-corrected chi connectivity index (χ0v) is 12.1. The number of methoxy groups -OCH3 is 1. The number of anilines is 3. The number of nitrogens with two attached hydrogens (primary N) is 1. The maximum absolute atomic E-state index is 11.8. The van der Waals surface area contributed by atoms with E-state index in [-0.39, 0.29) is 11.9 Å². The average molecular weight is 282 g/mol. The minimum absolute atomic E-state index is 0.135. The first-order valence-corrected chi connectivity index (χ1v) is 6.48. The topological polar surface area (TPSA) is 114 Å². The molecule has 1 rings (SSSR count). The maximum Gasteiger partial charge on any atom is 0.242 e. The quantitative estimate of drug-likeness (QED) is 0.498. The van der Waals surface area contributed by atoms with Crippen molar-refractivity contribution in [2.24, 2.45) is 0 Å². The van der Waals surface area contributed by atoms with Gasteiger partial charge in [0.1, 0.15) is 17.7 Å². The number of aromatic nitrogens is 2. The lowest BCUT2D eigenvalue weighted by molar-refractivity contribution is -0.121. The van der Waals surface area contributed by atoms with Gasteiger partial charge in [-0.25, -0.2) is 0 Å². The largest absolute Gasteiger partial charge is 0.383 e. The zero-order valence-electron chi connectivity index (χ0n) is 12.1. The van der Waals surface area contributed by atoms with Crippen LogP contribution >= 0.6 is 0 Å². The molecule has 1 aromatic heterocycles. The summed E-state index contributed by atoms with van der Waals surface area (Å²) in [6.45, 7) is 5.37. The summed E-state index contributed by atoms with van der Waals surface area (Å²) >= 11 is 0. The van der Waals surface area contributed by atoms with Gasteiger partial charge in [-0.2, -0.15) is 9.97 Å². The van der Waals surface area contributed by atoms with E-state index in [0.717, 1.165) is 6.54 Å². The molecule has 0 aromatic carbocycles. The molecule has 0 radical (unpaired) electrons. The van der Waals surface area contributed by atoms with Gasteiger partial charge in [-0.15, -0.1) is 0 Å². The molecule has 0 aliphatic rings. The molecule has 0 aliphatic carbocycles. The summed E-state index contributed by atoms with van der Waals surface area (Å²) in [4.78, 5) is 19.9. The number of rotatable bonds is 8. The van der Waals surface area contributed by atoms with E-state index < -0.39 is 6.04 Å². The van der Waals surface area contributed by atoms with Crippen molar-refractivity contribution in [3.8, 4) is 0 Å². The summed E-state index contributed by atoms with van der Waals surface area (Å²) in [5.74, 6) is 1.14. The summed E-state index contributed by atoms with van der Waals surface area (Å²) in [7, 11) is 1.58. The minimum Gasteiger partial charge on any atom is -0.383 e. The van der Waals surface area contributed by atoms with E-state index in [9.17, 15) is 4.79 Å². The van der Waals surface area contributed by atoms with Crippen LogP contribution in [0.4, 0.5) is 17.6 Å². The van der Waals surface area contributed by atoms with E-state index in [0.29, 0.717) is 24.8 Å². The number of nitrogens with one attached hydrogen (secondary N) is 3. The van der Waals surface area contributed by atoms with Crippen LogP contribution < -0.4 is 21.7 Å². The summed E-state index contributed by atoms with van der Waals surface area (Å²) in [6, 6.07) is 1.27. The number of hydrogen-bond donors (Lipinski definition) is 4. The molecule has 8 nitrogen and oxygen atoms in total. The van der Waals surface area contributed by atoms with E-state index >= 15 is 0 Å². The Morgan fingerprint density at radius 3 is 2.80 bits per heavy atom. The highest BCUT2D eigenvalue weighted by Gasteiger charge is 2.13. The number of nitrogens with zero attached hydrogens (tertiary/aromatic N) is 2. The Labute approximate surface area is 118 Å².